The zero-order valence-electron chi connectivity index (χ0n) is 10.5. The lowest BCUT2D eigenvalue weighted by Crippen LogP contribution is -2.19. The Labute approximate surface area is 93.5 Å². The Morgan fingerprint density at radius 2 is 2.00 bits per heavy atom. The van der Waals surface area contributed by atoms with E-state index in [4.69, 9.17) is 5.26 Å². The van der Waals surface area contributed by atoms with E-state index >= 15 is 0 Å². The van der Waals surface area contributed by atoms with Crippen molar-refractivity contribution in [1.82, 2.24) is 0 Å². The SMILES string of the molecule is CC(C)C1=CC=C(C(C)(C)C#N)CC1C. The molecule has 1 heteroatoms. The zero-order chi connectivity index (χ0) is 11.6. The van der Waals surface area contributed by atoms with Crippen LogP contribution in [0.3, 0.4) is 0 Å². The van der Waals surface area contributed by atoms with Gasteiger partial charge in [0.05, 0.1) is 11.5 Å². The van der Waals surface area contributed by atoms with Crippen LogP contribution in [0.1, 0.15) is 41.0 Å². The zero-order valence-corrected chi connectivity index (χ0v) is 10.5. The molecule has 0 aliphatic heterocycles. The van der Waals surface area contributed by atoms with Gasteiger partial charge in [-0.15, -0.1) is 0 Å². The first-order valence-corrected chi connectivity index (χ1v) is 5.71. The standard InChI is InChI=1S/C14H21N/c1-10(2)13-7-6-12(8-11(13)3)14(4,5)9-15/h6-7,10-11H,8H2,1-5H3. The van der Waals surface area contributed by atoms with Crippen molar-refractivity contribution in [2.24, 2.45) is 17.3 Å². The van der Waals surface area contributed by atoms with Crippen molar-refractivity contribution < 1.29 is 0 Å². The Morgan fingerprint density at radius 3 is 2.40 bits per heavy atom. The molecule has 0 fully saturated rings. The van der Waals surface area contributed by atoms with Crippen molar-refractivity contribution >= 4 is 0 Å². The van der Waals surface area contributed by atoms with Gasteiger partial charge < -0.3 is 0 Å². The van der Waals surface area contributed by atoms with Crippen LogP contribution in [0, 0.1) is 28.6 Å². The average molecular weight is 203 g/mol. The number of nitrogens with zero attached hydrogens (tertiary/aromatic N) is 1. The normalized spacial score (nSPS) is 22.1. The van der Waals surface area contributed by atoms with Crippen LogP contribution in [-0.4, -0.2) is 0 Å². The van der Waals surface area contributed by atoms with E-state index in [-0.39, 0.29) is 5.41 Å². The van der Waals surface area contributed by atoms with Gasteiger partial charge in [-0.2, -0.15) is 5.26 Å². The largest absolute Gasteiger partial charge is 0.197 e. The maximum Gasteiger partial charge on any atom is 0.0729 e. The number of hydrogen-bond donors (Lipinski definition) is 0. The minimum atomic E-state index is -0.312. The summed E-state index contributed by atoms with van der Waals surface area (Å²) in [5.41, 5.74) is 2.46. The van der Waals surface area contributed by atoms with Gasteiger partial charge in [0.25, 0.3) is 0 Å². The minimum Gasteiger partial charge on any atom is -0.197 e. The van der Waals surface area contributed by atoms with Gasteiger partial charge in [0.1, 0.15) is 0 Å². The van der Waals surface area contributed by atoms with Gasteiger partial charge >= 0.3 is 0 Å². The van der Waals surface area contributed by atoms with Crippen LogP contribution in [0.15, 0.2) is 23.3 Å². The minimum absolute atomic E-state index is 0.312. The number of allylic oxidation sites excluding steroid dienone is 4. The second-order valence-electron chi connectivity index (χ2n) is 5.36. The van der Waals surface area contributed by atoms with Gasteiger partial charge in [-0.05, 0) is 32.1 Å². The van der Waals surface area contributed by atoms with Crippen LogP contribution in [0.25, 0.3) is 0 Å². The molecule has 0 bridgehead atoms. The first-order valence-electron chi connectivity index (χ1n) is 5.71. The van der Waals surface area contributed by atoms with Crippen LogP contribution < -0.4 is 0 Å². The molecule has 0 aromatic rings. The Kier molecular flexibility index (Phi) is 3.39. The molecule has 0 amide bonds. The summed E-state index contributed by atoms with van der Waals surface area (Å²) in [6.07, 6.45) is 5.40. The number of rotatable bonds is 2. The van der Waals surface area contributed by atoms with Crippen molar-refractivity contribution in [3.8, 4) is 6.07 Å². The topological polar surface area (TPSA) is 23.8 Å². The molecular formula is C14H21N. The molecule has 0 saturated heterocycles. The fourth-order valence-electron chi connectivity index (χ4n) is 2.17. The van der Waals surface area contributed by atoms with Gasteiger partial charge in [0, 0.05) is 0 Å². The second-order valence-corrected chi connectivity index (χ2v) is 5.36. The molecule has 0 N–H and O–H groups in total. The van der Waals surface area contributed by atoms with Crippen LogP contribution in [-0.2, 0) is 0 Å². The fraction of sp³-hybridized carbons (Fsp3) is 0.643. The molecule has 0 heterocycles. The summed E-state index contributed by atoms with van der Waals surface area (Å²) in [6, 6.07) is 2.38. The first-order chi connectivity index (χ1) is 6.88. The summed E-state index contributed by atoms with van der Waals surface area (Å²) < 4.78 is 0. The molecule has 1 rings (SSSR count). The highest BCUT2D eigenvalue weighted by Gasteiger charge is 2.27. The third-order valence-electron chi connectivity index (χ3n) is 3.32. The lowest BCUT2D eigenvalue weighted by molar-refractivity contribution is 0.494. The Balaban J connectivity index is 2.97. The third kappa shape index (κ3) is 2.50. The van der Waals surface area contributed by atoms with Gasteiger partial charge in [0.2, 0.25) is 0 Å². The molecule has 0 aromatic heterocycles. The summed E-state index contributed by atoms with van der Waals surface area (Å²) in [5, 5.41) is 9.10. The van der Waals surface area contributed by atoms with Crippen LogP contribution in [0.5, 0.6) is 0 Å². The first kappa shape index (κ1) is 12.0. The van der Waals surface area contributed by atoms with E-state index in [0.717, 1.165) is 6.42 Å². The lowest BCUT2D eigenvalue weighted by atomic mass is 9.74. The fourth-order valence-corrected chi connectivity index (χ4v) is 2.17. The molecule has 1 aliphatic rings. The van der Waals surface area contributed by atoms with E-state index in [9.17, 15) is 0 Å². The second kappa shape index (κ2) is 4.23. The van der Waals surface area contributed by atoms with Crippen molar-refractivity contribution in [2.45, 2.75) is 41.0 Å². The maximum atomic E-state index is 9.10. The molecule has 0 radical (unpaired) electrons. The van der Waals surface area contributed by atoms with E-state index in [2.05, 4.69) is 39.0 Å². The predicted molar refractivity (Wildman–Crippen MR) is 64.2 cm³/mol. The van der Waals surface area contributed by atoms with E-state index in [1.54, 1.807) is 0 Å². The lowest BCUT2D eigenvalue weighted by Gasteiger charge is -2.29. The Bertz CT molecular complexity index is 337. The molecule has 0 saturated carbocycles. The molecule has 1 aliphatic carbocycles. The summed E-state index contributed by atoms with van der Waals surface area (Å²) in [4.78, 5) is 0. The molecule has 15 heavy (non-hydrogen) atoms. The van der Waals surface area contributed by atoms with Gasteiger partial charge in [-0.3, -0.25) is 0 Å². The Morgan fingerprint density at radius 1 is 1.40 bits per heavy atom. The molecule has 82 valence electrons. The molecule has 0 aromatic carbocycles. The van der Waals surface area contributed by atoms with E-state index in [0.29, 0.717) is 11.8 Å². The molecule has 1 unspecified atom stereocenters. The van der Waals surface area contributed by atoms with E-state index in [1.807, 2.05) is 13.8 Å². The van der Waals surface area contributed by atoms with E-state index < -0.39 is 0 Å². The van der Waals surface area contributed by atoms with Crippen LogP contribution in [0.2, 0.25) is 0 Å². The van der Waals surface area contributed by atoms with E-state index in [1.165, 1.54) is 11.1 Å². The van der Waals surface area contributed by atoms with Crippen LogP contribution in [0.4, 0.5) is 0 Å². The average Bonchev–Trinajstić information content (AvgIpc) is 2.17. The van der Waals surface area contributed by atoms with Gasteiger partial charge in [0.15, 0.2) is 0 Å². The smallest absolute Gasteiger partial charge is 0.0729 e. The van der Waals surface area contributed by atoms with Crippen molar-refractivity contribution in [2.75, 3.05) is 0 Å². The quantitative estimate of drug-likeness (QED) is 0.663. The summed E-state index contributed by atoms with van der Waals surface area (Å²) in [7, 11) is 0. The molecular weight excluding hydrogens is 182 g/mol. The summed E-state index contributed by atoms with van der Waals surface area (Å²) >= 11 is 0. The van der Waals surface area contributed by atoms with Crippen molar-refractivity contribution in [1.29, 1.82) is 5.26 Å². The molecule has 1 nitrogen and oxygen atoms in total. The predicted octanol–water partition coefficient (Wildman–Crippen LogP) is 4.08. The molecule has 0 spiro atoms. The van der Waals surface area contributed by atoms with Crippen molar-refractivity contribution in [3.63, 3.8) is 0 Å². The highest BCUT2D eigenvalue weighted by Crippen LogP contribution is 2.37. The Hall–Kier alpha value is -1.03. The highest BCUT2D eigenvalue weighted by atomic mass is 14.4. The highest BCUT2D eigenvalue weighted by molar-refractivity contribution is 5.33. The van der Waals surface area contributed by atoms with Crippen LogP contribution >= 0.6 is 0 Å². The number of hydrogen-bond acceptors (Lipinski definition) is 1. The third-order valence-corrected chi connectivity index (χ3v) is 3.32. The maximum absolute atomic E-state index is 9.10. The molecule has 1 atom stereocenters. The monoisotopic (exact) mass is 203 g/mol. The summed E-state index contributed by atoms with van der Waals surface area (Å²) in [5.74, 6) is 1.20. The van der Waals surface area contributed by atoms with Gasteiger partial charge in [-0.25, -0.2) is 0 Å². The van der Waals surface area contributed by atoms with Gasteiger partial charge in [-0.1, -0.05) is 44.1 Å². The summed E-state index contributed by atoms with van der Waals surface area (Å²) in [6.45, 7) is 10.7. The van der Waals surface area contributed by atoms with Crippen molar-refractivity contribution in [3.05, 3.63) is 23.3 Å². The number of nitriles is 1.